The van der Waals surface area contributed by atoms with Crippen molar-refractivity contribution in [2.45, 2.75) is 38.4 Å². The minimum atomic E-state index is 0.0653. The summed E-state index contributed by atoms with van der Waals surface area (Å²) in [4.78, 5) is 20.9. The number of hydrogen-bond acceptors (Lipinski definition) is 3. The molecule has 0 N–H and O–H groups in total. The topological polar surface area (TPSA) is 36.4 Å². The largest absolute Gasteiger partial charge is 0.339 e. The molecule has 1 aromatic carbocycles. The fourth-order valence-electron chi connectivity index (χ4n) is 3.54. The molecule has 0 aliphatic carbocycles. The maximum absolute atomic E-state index is 12.5. The Labute approximate surface area is 156 Å². The van der Waals surface area contributed by atoms with Crippen LogP contribution in [0, 0.1) is 0 Å². The molecule has 0 unspecified atom stereocenters. The summed E-state index contributed by atoms with van der Waals surface area (Å²) in [6.45, 7) is 4.26. The number of carbonyl (C=O) groups excluding carboxylic acids is 1. The van der Waals surface area contributed by atoms with Crippen LogP contribution in [-0.4, -0.2) is 46.4 Å². The third-order valence-electron chi connectivity index (χ3n) is 5.23. The van der Waals surface area contributed by atoms with E-state index in [9.17, 15) is 4.79 Å². The van der Waals surface area contributed by atoms with Crippen LogP contribution in [0.3, 0.4) is 0 Å². The van der Waals surface area contributed by atoms with E-state index in [1.165, 1.54) is 5.56 Å². The molecule has 2 heterocycles. The number of pyridine rings is 1. The number of aromatic nitrogens is 1. The average Bonchev–Trinajstić information content (AvgIpc) is 2.68. The number of amides is 1. The first kappa shape index (κ1) is 18.3. The first-order valence-corrected chi connectivity index (χ1v) is 9.26. The lowest BCUT2D eigenvalue weighted by atomic mass is 9.96. The van der Waals surface area contributed by atoms with Gasteiger partial charge in [0, 0.05) is 50.7 Å². The Kier molecular flexibility index (Phi) is 6.18. The lowest BCUT2D eigenvalue weighted by Crippen LogP contribution is -2.48. The summed E-state index contributed by atoms with van der Waals surface area (Å²) >= 11 is 0. The Morgan fingerprint density at radius 3 is 2.65 bits per heavy atom. The molecule has 1 aromatic heterocycles. The van der Waals surface area contributed by atoms with Crippen molar-refractivity contribution in [3.05, 3.63) is 72.1 Å². The Morgan fingerprint density at radius 1 is 1.23 bits per heavy atom. The zero-order valence-electron chi connectivity index (χ0n) is 15.6. The summed E-state index contributed by atoms with van der Waals surface area (Å²) in [5.74, 6) is 0.0653. The number of hydrogen-bond donors (Lipinski definition) is 0. The van der Waals surface area contributed by atoms with Crippen molar-refractivity contribution in [1.82, 2.24) is 14.8 Å². The summed E-state index contributed by atoms with van der Waals surface area (Å²) in [6, 6.07) is 15.2. The molecule has 2 atom stereocenters. The van der Waals surface area contributed by atoms with E-state index in [4.69, 9.17) is 0 Å². The molecule has 1 fully saturated rings. The summed E-state index contributed by atoms with van der Waals surface area (Å²) in [5.41, 5.74) is 2.34. The number of carbonyl (C=O) groups is 1. The van der Waals surface area contributed by atoms with Gasteiger partial charge >= 0.3 is 0 Å². The summed E-state index contributed by atoms with van der Waals surface area (Å²) in [7, 11) is 1.92. The van der Waals surface area contributed by atoms with Crippen LogP contribution in [0.15, 0.2) is 60.9 Å². The number of benzene rings is 1. The van der Waals surface area contributed by atoms with Crippen LogP contribution in [0.2, 0.25) is 0 Å². The molecule has 26 heavy (non-hydrogen) atoms. The fourth-order valence-corrected chi connectivity index (χ4v) is 3.54. The van der Waals surface area contributed by atoms with Crippen LogP contribution < -0.4 is 0 Å². The number of likely N-dealkylation sites (tertiary alicyclic amines) is 1. The summed E-state index contributed by atoms with van der Waals surface area (Å²) in [5, 5.41) is 0. The van der Waals surface area contributed by atoms with Crippen LogP contribution in [0.4, 0.5) is 0 Å². The monoisotopic (exact) mass is 349 g/mol. The van der Waals surface area contributed by atoms with Gasteiger partial charge in [0.05, 0.1) is 0 Å². The van der Waals surface area contributed by atoms with Gasteiger partial charge in [0.15, 0.2) is 0 Å². The molecule has 1 amide bonds. The smallest absolute Gasteiger partial charge is 0.246 e. The van der Waals surface area contributed by atoms with E-state index in [1.807, 2.05) is 30.2 Å². The van der Waals surface area contributed by atoms with Gasteiger partial charge in [0.25, 0.3) is 0 Å². The maximum Gasteiger partial charge on any atom is 0.246 e. The Bertz CT molecular complexity index is 730. The molecular weight excluding hydrogens is 322 g/mol. The number of likely N-dealkylation sites (N-methyl/N-ethyl adjacent to an activating group) is 1. The van der Waals surface area contributed by atoms with Crippen LogP contribution in [0.25, 0.3) is 6.08 Å². The highest BCUT2D eigenvalue weighted by atomic mass is 16.2. The van der Waals surface area contributed by atoms with Gasteiger partial charge in [-0.1, -0.05) is 30.3 Å². The van der Waals surface area contributed by atoms with Crippen molar-refractivity contribution < 1.29 is 4.79 Å². The van der Waals surface area contributed by atoms with Gasteiger partial charge in [0.1, 0.15) is 0 Å². The first-order chi connectivity index (χ1) is 12.6. The van der Waals surface area contributed by atoms with Crippen LogP contribution in [0.1, 0.15) is 30.9 Å². The molecule has 0 radical (unpaired) electrons. The molecule has 4 nitrogen and oxygen atoms in total. The Balaban J connectivity index is 1.54. The molecule has 2 aromatic rings. The molecule has 136 valence electrons. The minimum Gasteiger partial charge on any atom is -0.339 e. The Hall–Kier alpha value is -2.46. The van der Waals surface area contributed by atoms with Crippen molar-refractivity contribution in [2.24, 2.45) is 0 Å². The van der Waals surface area contributed by atoms with E-state index < -0.39 is 0 Å². The third-order valence-corrected chi connectivity index (χ3v) is 5.23. The van der Waals surface area contributed by atoms with Gasteiger partial charge in [-0.3, -0.25) is 14.7 Å². The highest BCUT2D eigenvalue weighted by Crippen LogP contribution is 2.23. The van der Waals surface area contributed by atoms with Crippen molar-refractivity contribution in [3.63, 3.8) is 0 Å². The second-order valence-electron chi connectivity index (χ2n) is 7.05. The van der Waals surface area contributed by atoms with Crippen LogP contribution in [-0.2, 0) is 11.3 Å². The zero-order valence-corrected chi connectivity index (χ0v) is 15.6. The van der Waals surface area contributed by atoms with E-state index >= 15 is 0 Å². The predicted molar refractivity (Wildman–Crippen MR) is 105 cm³/mol. The number of rotatable bonds is 5. The first-order valence-electron chi connectivity index (χ1n) is 9.26. The molecule has 1 aliphatic rings. The Morgan fingerprint density at radius 2 is 1.96 bits per heavy atom. The second kappa shape index (κ2) is 8.77. The number of nitrogens with zero attached hydrogens (tertiary/aromatic N) is 3. The highest BCUT2D eigenvalue weighted by Gasteiger charge is 2.29. The zero-order chi connectivity index (χ0) is 18.4. The minimum absolute atomic E-state index is 0.0653. The van der Waals surface area contributed by atoms with Gasteiger partial charge in [0.2, 0.25) is 5.91 Å². The SMILES string of the molecule is C[C@H]1C[C@H](N(C)C(=O)/C=C/c2ccncc2)CCN1Cc1ccccc1. The molecule has 4 heteroatoms. The summed E-state index contributed by atoms with van der Waals surface area (Å²) < 4.78 is 0. The highest BCUT2D eigenvalue weighted by molar-refractivity contribution is 5.91. The quantitative estimate of drug-likeness (QED) is 0.774. The number of piperidine rings is 1. The van der Waals surface area contributed by atoms with Gasteiger partial charge < -0.3 is 4.90 Å². The standard InChI is InChI=1S/C22H27N3O/c1-18-16-21(12-15-25(18)17-20-6-4-3-5-7-20)24(2)22(26)9-8-19-10-13-23-14-11-19/h3-11,13-14,18,21H,12,15-17H2,1-2H3/b9-8+/t18-,21+/m0/s1. The van der Waals surface area contributed by atoms with Gasteiger partial charge in [-0.25, -0.2) is 0 Å². The molecule has 0 spiro atoms. The normalized spacial score (nSPS) is 21.0. The molecule has 1 saturated heterocycles. The fraction of sp³-hybridized carbons (Fsp3) is 0.364. The molecule has 0 saturated carbocycles. The van der Waals surface area contributed by atoms with Crippen LogP contribution in [0.5, 0.6) is 0 Å². The lowest BCUT2D eigenvalue weighted by Gasteiger charge is -2.41. The summed E-state index contributed by atoms with van der Waals surface area (Å²) in [6.07, 6.45) is 9.02. The van der Waals surface area contributed by atoms with Crippen molar-refractivity contribution >= 4 is 12.0 Å². The van der Waals surface area contributed by atoms with Gasteiger partial charge in [-0.05, 0) is 49.1 Å². The van der Waals surface area contributed by atoms with E-state index in [0.717, 1.165) is 31.5 Å². The maximum atomic E-state index is 12.5. The van der Waals surface area contributed by atoms with E-state index in [1.54, 1.807) is 18.5 Å². The van der Waals surface area contributed by atoms with Crippen molar-refractivity contribution in [2.75, 3.05) is 13.6 Å². The molecule has 1 aliphatic heterocycles. The predicted octanol–water partition coefficient (Wildman–Crippen LogP) is 3.61. The second-order valence-corrected chi connectivity index (χ2v) is 7.05. The van der Waals surface area contributed by atoms with E-state index in [2.05, 4.69) is 47.1 Å². The lowest BCUT2D eigenvalue weighted by molar-refractivity contribution is -0.128. The molecule has 3 rings (SSSR count). The van der Waals surface area contributed by atoms with E-state index in [-0.39, 0.29) is 5.91 Å². The molecular formula is C22H27N3O. The van der Waals surface area contributed by atoms with Gasteiger partial charge in [-0.15, -0.1) is 0 Å². The van der Waals surface area contributed by atoms with Crippen molar-refractivity contribution in [3.8, 4) is 0 Å². The van der Waals surface area contributed by atoms with Crippen LogP contribution >= 0.6 is 0 Å². The molecule has 0 bridgehead atoms. The van der Waals surface area contributed by atoms with Gasteiger partial charge in [-0.2, -0.15) is 0 Å². The van der Waals surface area contributed by atoms with Crippen molar-refractivity contribution in [1.29, 1.82) is 0 Å². The van der Waals surface area contributed by atoms with E-state index in [0.29, 0.717) is 12.1 Å². The third kappa shape index (κ3) is 4.79. The average molecular weight is 349 g/mol.